The monoisotopic (exact) mass is 668 g/mol. The fourth-order valence-corrected chi connectivity index (χ4v) is 9.38. The molecule has 3 aliphatic rings. The molecule has 45 heavy (non-hydrogen) atoms. The first-order valence-electron chi connectivity index (χ1n) is 16.1. The van der Waals surface area contributed by atoms with Crippen molar-refractivity contribution in [2.45, 2.75) is 102 Å². The lowest BCUT2D eigenvalue weighted by Gasteiger charge is -2.51. The zero-order valence-electron chi connectivity index (χ0n) is 26.1. The smallest absolute Gasteiger partial charge is 0.453 e. The number of Topliss-reactive ketones (excluding diaryl/α,β-unsaturated/α-hetero) is 1. The Morgan fingerprint density at radius 1 is 1.04 bits per heavy atom. The molecule has 0 radical (unpaired) electrons. The molecule has 0 unspecified atom stereocenters. The highest BCUT2D eigenvalue weighted by molar-refractivity contribution is 7.89. The molecule has 0 bridgehead atoms. The van der Waals surface area contributed by atoms with Crippen LogP contribution >= 0.6 is 0 Å². The van der Waals surface area contributed by atoms with Crippen molar-refractivity contribution in [2.24, 2.45) is 23.2 Å². The average molecular weight is 669 g/mol. The number of hydrogen-bond donors (Lipinski definition) is 2. The first kappa shape index (κ1) is 36.0. The fraction of sp³-hybridized carbons (Fsp3) is 0.781. The van der Waals surface area contributed by atoms with Crippen LogP contribution in [0, 0.1) is 29.0 Å². The number of nitrogens with zero attached hydrogens (tertiary/aromatic N) is 1. The van der Waals surface area contributed by atoms with Gasteiger partial charge in [-0.3, -0.25) is 4.79 Å². The topological polar surface area (TPSA) is 86.7 Å². The van der Waals surface area contributed by atoms with E-state index >= 15 is 4.39 Å². The second-order valence-corrected chi connectivity index (χ2v) is 15.6. The van der Waals surface area contributed by atoms with E-state index in [-0.39, 0.29) is 46.9 Å². The summed E-state index contributed by atoms with van der Waals surface area (Å²) in [4.78, 5) is 14.9. The van der Waals surface area contributed by atoms with Gasteiger partial charge in [-0.05, 0) is 112 Å². The molecule has 256 valence electrons. The molecule has 5 atom stereocenters. The van der Waals surface area contributed by atoms with E-state index in [1.165, 1.54) is 6.07 Å². The predicted molar refractivity (Wildman–Crippen MR) is 159 cm³/mol. The summed E-state index contributed by atoms with van der Waals surface area (Å²) in [6.45, 7) is 2.85. The summed E-state index contributed by atoms with van der Waals surface area (Å²) in [5, 5.41) is 10.1. The summed E-state index contributed by atoms with van der Waals surface area (Å²) < 4.78 is 104. The summed E-state index contributed by atoms with van der Waals surface area (Å²) >= 11 is 0. The van der Waals surface area contributed by atoms with E-state index in [1.807, 2.05) is 11.9 Å². The van der Waals surface area contributed by atoms with Crippen LogP contribution in [0.5, 0.6) is 5.75 Å². The molecule has 1 aromatic rings. The maximum atomic E-state index is 15.1. The van der Waals surface area contributed by atoms with Gasteiger partial charge in [-0.15, -0.1) is 0 Å². The van der Waals surface area contributed by atoms with Crippen molar-refractivity contribution in [2.75, 3.05) is 32.4 Å². The molecular formula is C32H46F6N2O4S. The van der Waals surface area contributed by atoms with E-state index in [0.29, 0.717) is 31.1 Å². The normalized spacial score (nSPS) is 27.0. The second kappa shape index (κ2) is 14.1. The van der Waals surface area contributed by atoms with E-state index in [0.717, 1.165) is 62.6 Å². The van der Waals surface area contributed by atoms with Gasteiger partial charge in [0.25, 0.3) is 0 Å². The van der Waals surface area contributed by atoms with E-state index < -0.39 is 41.5 Å². The Bertz CT molecular complexity index is 1310. The standard InChI is InChI=1S/C32H46F6N2O4S/c1-30-13-11-24-28(25(30)9-10-27(30)42)21(18-22-19-23(41)20-26(33)29(22)24)8-4-3-5-15-40(2)16-7-17-45(43,44)39-14-6-12-31(34,35)32(36,37)38/h19-21,24-25,28,39,41H,3-18H2,1-2H3/t21-,24+,25+,28-,30+/m1/s1. The molecule has 0 aromatic heterocycles. The lowest BCUT2D eigenvalue weighted by atomic mass is 9.52. The molecule has 1 aromatic carbocycles. The van der Waals surface area contributed by atoms with E-state index in [1.54, 1.807) is 6.07 Å². The third kappa shape index (κ3) is 8.36. The van der Waals surface area contributed by atoms with Crippen LogP contribution in [-0.4, -0.2) is 68.7 Å². The first-order chi connectivity index (χ1) is 20.9. The number of carbonyl (C=O) groups excluding carboxylic acids is 1. The molecule has 0 aliphatic heterocycles. The van der Waals surface area contributed by atoms with Crippen LogP contribution in [0.3, 0.4) is 0 Å². The van der Waals surface area contributed by atoms with Gasteiger partial charge in [0.15, 0.2) is 0 Å². The fourth-order valence-electron chi connectivity index (χ4n) is 8.27. The number of carbonyl (C=O) groups is 1. The number of aromatic hydroxyl groups is 1. The van der Waals surface area contributed by atoms with Gasteiger partial charge in [-0.1, -0.05) is 19.8 Å². The van der Waals surface area contributed by atoms with Crippen LogP contribution in [0.2, 0.25) is 0 Å². The van der Waals surface area contributed by atoms with E-state index in [4.69, 9.17) is 0 Å². The van der Waals surface area contributed by atoms with Crippen LogP contribution in [0.15, 0.2) is 12.1 Å². The van der Waals surface area contributed by atoms with Crippen LogP contribution in [-0.2, 0) is 21.2 Å². The first-order valence-corrected chi connectivity index (χ1v) is 17.8. The minimum atomic E-state index is -5.65. The Kier molecular flexibility index (Phi) is 11.3. The van der Waals surface area contributed by atoms with Gasteiger partial charge < -0.3 is 10.0 Å². The molecule has 3 aliphatic carbocycles. The van der Waals surface area contributed by atoms with E-state index in [2.05, 4.69) is 11.6 Å². The lowest BCUT2D eigenvalue weighted by Crippen LogP contribution is -2.46. The summed E-state index contributed by atoms with van der Waals surface area (Å²) in [6.07, 6.45) is -0.0373. The van der Waals surface area contributed by atoms with Crippen LogP contribution in [0.1, 0.15) is 94.6 Å². The second-order valence-electron chi connectivity index (χ2n) is 13.7. The zero-order valence-corrected chi connectivity index (χ0v) is 26.9. The lowest BCUT2D eigenvalue weighted by molar-refractivity contribution is -0.284. The predicted octanol–water partition coefficient (Wildman–Crippen LogP) is 6.96. The molecule has 0 amide bonds. The van der Waals surface area contributed by atoms with Gasteiger partial charge in [-0.25, -0.2) is 17.5 Å². The Morgan fingerprint density at radius 2 is 1.76 bits per heavy atom. The van der Waals surface area contributed by atoms with Crippen LogP contribution in [0.25, 0.3) is 0 Å². The van der Waals surface area contributed by atoms with Crippen molar-refractivity contribution in [3.63, 3.8) is 0 Å². The SMILES string of the molecule is CN(CCCCC[C@@H]1Cc2cc(O)cc(F)c2[C@H]2CC[C@]3(C)C(=O)CC[C@H]3[C@H]12)CCCS(=O)(=O)NCCCC(F)(F)C(F)(F)F. The maximum absolute atomic E-state index is 15.1. The number of unbranched alkanes of at least 4 members (excludes halogenated alkanes) is 2. The number of fused-ring (bicyclic) bond motifs is 5. The number of sulfonamides is 1. The van der Waals surface area contributed by atoms with Crippen molar-refractivity contribution < 1.29 is 44.7 Å². The Morgan fingerprint density at radius 3 is 2.47 bits per heavy atom. The Balaban J connectivity index is 1.20. The maximum Gasteiger partial charge on any atom is 0.453 e. The summed E-state index contributed by atoms with van der Waals surface area (Å²) in [5.74, 6) is -4.33. The van der Waals surface area contributed by atoms with Gasteiger partial charge in [0.2, 0.25) is 10.0 Å². The van der Waals surface area contributed by atoms with E-state index in [9.17, 15) is 40.3 Å². The summed E-state index contributed by atoms with van der Waals surface area (Å²) in [7, 11) is -1.91. The minimum Gasteiger partial charge on any atom is -0.508 e. The van der Waals surface area contributed by atoms with Crippen molar-refractivity contribution in [3.05, 3.63) is 29.1 Å². The van der Waals surface area contributed by atoms with Crippen molar-refractivity contribution >= 4 is 15.8 Å². The summed E-state index contributed by atoms with van der Waals surface area (Å²) in [6, 6.07) is 2.91. The number of rotatable bonds is 15. The quantitative estimate of drug-likeness (QED) is 0.156. The zero-order chi connectivity index (χ0) is 33.2. The minimum absolute atomic E-state index is 0.0565. The summed E-state index contributed by atoms with van der Waals surface area (Å²) in [5.41, 5.74) is 1.28. The Hall–Kier alpha value is -1.86. The highest BCUT2D eigenvalue weighted by atomic mass is 32.2. The third-order valence-corrected chi connectivity index (χ3v) is 12.1. The number of hydrogen-bond acceptors (Lipinski definition) is 5. The van der Waals surface area contributed by atoms with Crippen molar-refractivity contribution in [1.29, 1.82) is 0 Å². The molecular weight excluding hydrogens is 622 g/mol. The third-order valence-electron chi connectivity index (χ3n) is 10.6. The number of phenols is 1. The molecule has 2 fully saturated rings. The molecule has 13 heteroatoms. The van der Waals surface area contributed by atoms with Crippen LogP contribution in [0.4, 0.5) is 26.3 Å². The molecule has 2 N–H and O–H groups in total. The highest BCUT2D eigenvalue weighted by Crippen LogP contribution is 2.62. The van der Waals surface area contributed by atoms with Gasteiger partial charge in [0, 0.05) is 30.9 Å². The van der Waals surface area contributed by atoms with Crippen molar-refractivity contribution in [1.82, 2.24) is 9.62 Å². The largest absolute Gasteiger partial charge is 0.508 e. The number of nitrogens with one attached hydrogen (secondary N) is 1. The van der Waals surface area contributed by atoms with Crippen LogP contribution < -0.4 is 4.72 Å². The van der Waals surface area contributed by atoms with Gasteiger partial charge >= 0.3 is 12.1 Å². The highest BCUT2D eigenvalue weighted by Gasteiger charge is 2.57. The van der Waals surface area contributed by atoms with Gasteiger partial charge in [0.1, 0.15) is 17.3 Å². The number of phenolic OH excluding ortho intramolecular Hbond substituents is 1. The number of benzene rings is 1. The molecule has 2 saturated carbocycles. The van der Waals surface area contributed by atoms with Crippen molar-refractivity contribution in [3.8, 4) is 5.75 Å². The number of halogens is 6. The van der Waals surface area contributed by atoms with Gasteiger partial charge in [0.05, 0.1) is 5.75 Å². The molecule has 0 heterocycles. The molecule has 4 rings (SSSR count). The van der Waals surface area contributed by atoms with Gasteiger partial charge in [-0.2, -0.15) is 22.0 Å². The Labute approximate surface area is 262 Å². The molecule has 6 nitrogen and oxygen atoms in total. The average Bonchev–Trinajstić information content (AvgIpc) is 3.23. The molecule has 0 saturated heterocycles. The number of ketones is 1. The number of alkyl halides is 5. The molecule has 0 spiro atoms.